The van der Waals surface area contributed by atoms with Crippen LogP contribution in [0.25, 0.3) is 0 Å². The first kappa shape index (κ1) is 25.4. The summed E-state index contributed by atoms with van der Waals surface area (Å²) in [7, 11) is 1.69. The molecule has 0 radical (unpaired) electrons. The molecule has 1 saturated carbocycles. The van der Waals surface area contributed by atoms with Crippen LogP contribution in [0.1, 0.15) is 48.0 Å². The van der Waals surface area contributed by atoms with Gasteiger partial charge in [-0.2, -0.15) is 0 Å². The molecule has 3 rings (SSSR count). The molecule has 31 heavy (non-hydrogen) atoms. The fourth-order valence-electron chi connectivity index (χ4n) is 4.09. The van der Waals surface area contributed by atoms with Crippen molar-refractivity contribution < 1.29 is 14.0 Å². The average molecular weight is 545 g/mol. The highest BCUT2D eigenvalue weighted by molar-refractivity contribution is 14.0. The number of hydrogen-bond acceptors (Lipinski definition) is 3. The summed E-state index contributed by atoms with van der Waals surface area (Å²) >= 11 is 0. The number of rotatable bonds is 6. The van der Waals surface area contributed by atoms with Gasteiger partial charge in [-0.15, -0.1) is 24.0 Å². The van der Waals surface area contributed by atoms with E-state index in [9.17, 15) is 14.0 Å². The van der Waals surface area contributed by atoms with Gasteiger partial charge in [0.25, 0.3) is 5.91 Å². The summed E-state index contributed by atoms with van der Waals surface area (Å²) in [4.78, 5) is 30.9. The minimum atomic E-state index is -0.387. The van der Waals surface area contributed by atoms with Gasteiger partial charge in [0.05, 0.1) is 0 Å². The SMILES string of the molecule is CN=C(NCCNC(=O)c1ccc(C)c(F)c1)NC1CCN(C(=O)C2CCCC2)C1.I. The Balaban J connectivity index is 0.00000341. The first-order valence-corrected chi connectivity index (χ1v) is 10.8. The molecule has 1 aliphatic carbocycles. The summed E-state index contributed by atoms with van der Waals surface area (Å²) in [5.74, 6) is 0.463. The molecule has 1 aromatic rings. The van der Waals surface area contributed by atoms with Crippen LogP contribution in [0.2, 0.25) is 0 Å². The summed E-state index contributed by atoms with van der Waals surface area (Å²) in [6, 6.07) is 4.63. The molecule has 172 valence electrons. The van der Waals surface area contributed by atoms with Crippen LogP contribution in [0.15, 0.2) is 23.2 Å². The van der Waals surface area contributed by atoms with Crippen molar-refractivity contribution in [2.75, 3.05) is 33.2 Å². The lowest BCUT2D eigenvalue weighted by molar-refractivity contribution is -0.134. The number of aryl methyl sites for hydroxylation is 1. The van der Waals surface area contributed by atoms with Gasteiger partial charge in [-0.3, -0.25) is 14.6 Å². The van der Waals surface area contributed by atoms with Gasteiger partial charge in [-0.25, -0.2) is 4.39 Å². The lowest BCUT2D eigenvalue weighted by Crippen LogP contribution is -2.47. The molecule has 2 amide bonds. The van der Waals surface area contributed by atoms with Crippen LogP contribution in [0.3, 0.4) is 0 Å². The van der Waals surface area contributed by atoms with Crippen LogP contribution in [-0.4, -0.2) is 61.9 Å². The van der Waals surface area contributed by atoms with Gasteiger partial charge < -0.3 is 20.9 Å². The molecule has 2 aliphatic rings. The molecule has 7 nitrogen and oxygen atoms in total. The molecule has 0 spiro atoms. The molecule has 1 saturated heterocycles. The van der Waals surface area contributed by atoms with Gasteiger partial charge in [0.15, 0.2) is 5.96 Å². The van der Waals surface area contributed by atoms with E-state index < -0.39 is 0 Å². The summed E-state index contributed by atoms with van der Waals surface area (Å²) in [6.45, 7) is 4.01. The van der Waals surface area contributed by atoms with E-state index in [1.165, 1.54) is 6.07 Å². The zero-order valence-corrected chi connectivity index (χ0v) is 20.6. The van der Waals surface area contributed by atoms with Crippen LogP contribution in [-0.2, 0) is 4.79 Å². The molecule has 0 aromatic heterocycles. The van der Waals surface area contributed by atoms with Crippen LogP contribution in [0.5, 0.6) is 0 Å². The van der Waals surface area contributed by atoms with Gasteiger partial charge in [-0.1, -0.05) is 18.9 Å². The Morgan fingerprint density at radius 1 is 1.16 bits per heavy atom. The third-order valence-electron chi connectivity index (χ3n) is 5.91. The normalized spacial score (nSPS) is 19.1. The Kier molecular flexibility index (Phi) is 9.98. The number of benzene rings is 1. The topological polar surface area (TPSA) is 85.8 Å². The van der Waals surface area contributed by atoms with E-state index in [0.717, 1.165) is 38.6 Å². The highest BCUT2D eigenvalue weighted by Gasteiger charge is 2.32. The predicted molar refractivity (Wildman–Crippen MR) is 130 cm³/mol. The molecular weight excluding hydrogens is 512 g/mol. The van der Waals surface area contributed by atoms with Gasteiger partial charge in [-0.05, 0) is 43.9 Å². The minimum absolute atomic E-state index is 0. The molecule has 1 unspecified atom stereocenters. The van der Waals surface area contributed by atoms with Gasteiger partial charge in [0.2, 0.25) is 5.91 Å². The number of aliphatic imine (C=N–C) groups is 1. The van der Waals surface area contributed by atoms with Crippen LogP contribution in [0, 0.1) is 18.7 Å². The Bertz CT molecular complexity index is 798. The summed E-state index contributed by atoms with van der Waals surface area (Å²) < 4.78 is 13.6. The number of carbonyl (C=O) groups is 2. The number of halogens is 2. The van der Waals surface area contributed by atoms with Crippen molar-refractivity contribution in [1.29, 1.82) is 0 Å². The van der Waals surface area contributed by atoms with E-state index in [0.29, 0.717) is 42.6 Å². The van der Waals surface area contributed by atoms with Crippen molar-refractivity contribution in [2.24, 2.45) is 10.9 Å². The van der Waals surface area contributed by atoms with Gasteiger partial charge in [0.1, 0.15) is 5.82 Å². The van der Waals surface area contributed by atoms with Crippen molar-refractivity contribution in [2.45, 2.75) is 45.1 Å². The number of hydrogen-bond donors (Lipinski definition) is 3. The molecule has 0 bridgehead atoms. The zero-order valence-electron chi connectivity index (χ0n) is 18.2. The number of carbonyl (C=O) groups excluding carboxylic acids is 2. The molecule has 9 heteroatoms. The fraction of sp³-hybridized carbons (Fsp3) is 0.591. The summed E-state index contributed by atoms with van der Waals surface area (Å²) in [6.07, 6.45) is 5.28. The summed E-state index contributed by atoms with van der Waals surface area (Å²) in [5.41, 5.74) is 0.817. The maximum atomic E-state index is 13.6. The van der Waals surface area contributed by atoms with Gasteiger partial charge >= 0.3 is 0 Å². The third kappa shape index (κ3) is 7.05. The molecular formula is C22H33FIN5O2. The number of guanidine groups is 1. The highest BCUT2D eigenvalue weighted by atomic mass is 127. The molecule has 2 fully saturated rings. The maximum absolute atomic E-state index is 13.6. The largest absolute Gasteiger partial charge is 0.355 e. The lowest BCUT2D eigenvalue weighted by Gasteiger charge is -2.21. The second-order valence-electron chi connectivity index (χ2n) is 8.11. The smallest absolute Gasteiger partial charge is 0.251 e. The van der Waals surface area contributed by atoms with E-state index in [4.69, 9.17) is 0 Å². The van der Waals surface area contributed by atoms with Crippen LogP contribution >= 0.6 is 24.0 Å². The quantitative estimate of drug-likeness (QED) is 0.222. The van der Waals surface area contributed by atoms with Crippen molar-refractivity contribution in [3.63, 3.8) is 0 Å². The molecule has 1 aliphatic heterocycles. The number of likely N-dealkylation sites (tertiary alicyclic amines) is 1. The Labute approximate surface area is 200 Å². The van der Waals surface area contributed by atoms with Crippen LogP contribution < -0.4 is 16.0 Å². The monoisotopic (exact) mass is 545 g/mol. The van der Waals surface area contributed by atoms with Crippen molar-refractivity contribution in [1.82, 2.24) is 20.9 Å². The first-order chi connectivity index (χ1) is 14.5. The van der Waals surface area contributed by atoms with E-state index >= 15 is 0 Å². The van der Waals surface area contributed by atoms with Crippen molar-refractivity contribution >= 4 is 41.8 Å². The van der Waals surface area contributed by atoms with Crippen molar-refractivity contribution in [3.8, 4) is 0 Å². The van der Waals surface area contributed by atoms with E-state index in [1.54, 1.807) is 26.1 Å². The average Bonchev–Trinajstić information content (AvgIpc) is 3.44. The number of nitrogens with one attached hydrogen (secondary N) is 3. The van der Waals surface area contributed by atoms with E-state index in [1.807, 2.05) is 4.90 Å². The second-order valence-corrected chi connectivity index (χ2v) is 8.11. The highest BCUT2D eigenvalue weighted by Crippen LogP contribution is 2.27. The van der Waals surface area contributed by atoms with Gasteiger partial charge in [0, 0.05) is 50.7 Å². The predicted octanol–water partition coefficient (Wildman–Crippen LogP) is 2.44. The Hall–Kier alpha value is -1.91. The summed E-state index contributed by atoms with van der Waals surface area (Å²) in [5, 5.41) is 9.29. The van der Waals surface area contributed by atoms with E-state index in [2.05, 4.69) is 20.9 Å². The van der Waals surface area contributed by atoms with E-state index in [-0.39, 0.29) is 47.7 Å². The minimum Gasteiger partial charge on any atom is -0.355 e. The second kappa shape index (κ2) is 12.2. The maximum Gasteiger partial charge on any atom is 0.251 e. The zero-order chi connectivity index (χ0) is 21.5. The Morgan fingerprint density at radius 3 is 2.55 bits per heavy atom. The van der Waals surface area contributed by atoms with Crippen LogP contribution in [0.4, 0.5) is 4.39 Å². The first-order valence-electron chi connectivity index (χ1n) is 10.8. The van der Waals surface area contributed by atoms with Crippen molar-refractivity contribution in [3.05, 3.63) is 35.1 Å². The number of amides is 2. The number of nitrogens with zero attached hydrogens (tertiary/aromatic N) is 2. The molecule has 3 N–H and O–H groups in total. The molecule has 1 aromatic carbocycles. The standard InChI is InChI=1S/C22H32FN5O2.HI/c1-15-7-8-17(13-19(15)23)20(29)25-10-11-26-22(24-2)27-18-9-12-28(14-18)21(30)16-5-3-4-6-16;/h7-8,13,16,18H,3-6,9-12,14H2,1-2H3,(H,25,29)(H2,24,26,27);1H. The lowest BCUT2D eigenvalue weighted by atomic mass is 10.1. The molecule has 1 heterocycles. The molecule has 1 atom stereocenters. The fourth-order valence-corrected chi connectivity index (χ4v) is 4.09. The third-order valence-corrected chi connectivity index (χ3v) is 5.91. The Morgan fingerprint density at radius 2 is 1.87 bits per heavy atom.